The van der Waals surface area contributed by atoms with E-state index in [0.29, 0.717) is 35.9 Å². The van der Waals surface area contributed by atoms with Gasteiger partial charge in [0.1, 0.15) is 22.6 Å². The first-order valence-electron chi connectivity index (χ1n) is 14.1. The Bertz CT molecular complexity index is 1600. The molecule has 0 unspecified atom stereocenters. The Morgan fingerprint density at radius 2 is 1.76 bits per heavy atom. The normalized spacial score (nSPS) is 16.0. The molecule has 2 aromatic carbocycles. The van der Waals surface area contributed by atoms with Crippen LogP contribution in [0, 0.1) is 5.92 Å². The second-order valence-electron chi connectivity index (χ2n) is 11.6. The van der Waals surface area contributed by atoms with Crippen molar-refractivity contribution >= 4 is 29.2 Å². The van der Waals surface area contributed by atoms with Crippen LogP contribution in [0.5, 0.6) is 11.5 Å². The van der Waals surface area contributed by atoms with E-state index in [2.05, 4.69) is 9.98 Å². The lowest BCUT2D eigenvalue weighted by molar-refractivity contribution is 0.0173. The van der Waals surface area contributed by atoms with Crippen molar-refractivity contribution in [2.24, 2.45) is 10.9 Å². The second-order valence-corrected chi connectivity index (χ2v) is 11.6. The van der Waals surface area contributed by atoms with Crippen molar-refractivity contribution in [3.8, 4) is 17.2 Å². The van der Waals surface area contributed by atoms with Gasteiger partial charge in [0.2, 0.25) is 0 Å². The van der Waals surface area contributed by atoms with Gasteiger partial charge in [0.05, 0.1) is 17.2 Å². The average Bonchev–Trinajstić information content (AvgIpc) is 3.24. The van der Waals surface area contributed by atoms with E-state index in [1.54, 1.807) is 20.2 Å². The number of hydrogen-bond acceptors (Lipinski definition) is 6. The first kappa shape index (κ1) is 28.1. The summed E-state index contributed by atoms with van der Waals surface area (Å²) in [6.07, 6.45) is 4.67. The Labute approximate surface area is 240 Å². The van der Waals surface area contributed by atoms with Crippen molar-refractivity contribution in [2.45, 2.75) is 59.1 Å². The first-order valence-corrected chi connectivity index (χ1v) is 14.1. The van der Waals surface area contributed by atoms with E-state index in [0.717, 1.165) is 24.1 Å². The number of rotatable bonds is 6. The zero-order valence-electron chi connectivity index (χ0n) is 24.3. The van der Waals surface area contributed by atoms with Crippen LogP contribution in [0.15, 0.2) is 76.6 Å². The van der Waals surface area contributed by atoms with Crippen molar-refractivity contribution in [1.82, 2.24) is 19.0 Å². The summed E-state index contributed by atoms with van der Waals surface area (Å²) in [6, 6.07) is 18.6. The summed E-state index contributed by atoms with van der Waals surface area (Å²) in [4.78, 5) is 38.0. The molecule has 5 rings (SSSR count). The zero-order valence-corrected chi connectivity index (χ0v) is 24.3. The summed E-state index contributed by atoms with van der Waals surface area (Å²) >= 11 is 0. The summed E-state index contributed by atoms with van der Waals surface area (Å²) in [7, 11) is 0. The van der Waals surface area contributed by atoms with Gasteiger partial charge in [0.25, 0.3) is 0 Å². The van der Waals surface area contributed by atoms with Crippen molar-refractivity contribution in [3.05, 3.63) is 77.3 Å². The van der Waals surface area contributed by atoms with Gasteiger partial charge in [-0.25, -0.2) is 19.6 Å². The second kappa shape index (κ2) is 11.6. The summed E-state index contributed by atoms with van der Waals surface area (Å²) in [6.45, 7) is 10.6. The fourth-order valence-corrected chi connectivity index (χ4v) is 5.00. The number of carbonyl (C=O) groups is 1. The van der Waals surface area contributed by atoms with Crippen LogP contribution in [0.2, 0.25) is 0 Å². The number of aliphatic imine (C=N–C) groups is 1. The molecule has 1 atom stereocenters. The monoisotopic (exact) mass is 555 g/mol. The van der Waals surface area contributed by atoms with Crippen LogP contribution in [0.4, 0.5) is 10.6 Å². The molecule has 1 amide bonds. The van der Waals surface area contributed by atoms with Crippen LogP contribution < -0.4 is 10.4 Å². The molecule has 1 aliphatic rings. The van der Waals surface area contributed by atoms with Crippen molar-refractivity contribution in [1.29, 1.82) is 0 Å². The van der Waals surface area contributed by atoms with Crippen LogP contribution in [-0.4, -0.2) is 50.0 Å². The highest BCUT2D eigenvalue weighted by atomic mass is 16.6. The number of benzene rings is 2. The Morgan fingerprint density at radius 1 is 1.05 bits per heavy atom. The minimum absolute atomic E-state index is 0.207. The van der Waals surface area contributed by atoms with E-state index >= 15 is 0 Å². The number of piperidine rings is 1. The van der Waals surface area contributed by atoms with Gasteiger partial charge in [-0.05, 0) is 82.0 Å². The number of ether oxygens (including phenoxy) is 2. The van der Waals surface area contributed by atoms with E-state index in [4.69, 9.17) is 9.47 Å². The number of hydrogen-bond donors (Lipinski definition) is 0. The smallest absolute Gasteiger partial charge is 0.410 e. The third-order valence-corrected chi connectivity index (χ3v) is 6.75. The van der Waals surface area contributed by atoms with Crippen LogP contribution in [0.3, 0.4) is 0 Å². The third kappa shape index (κ3) is 6.34. The number of fused-ring (bicyclic) bond motifs is 1. The Hall–Kier alpha value is -4.40. The summed E-state index contributed by atoms with van der Waals surface area (Å²) in [5, 5.41) is 0. The molecule has 0 N–H and O–H groups in total. The van der Waals surface area contributed by atoms with E-state index in [9.17, 15) is 9.59 Å². The summed E-state index contributed by atoms with van der Waals surface area (Å²) in [5.41, 5.74) is 1.22. The molecule has 9 nitrogen and oxygen atoms in total. The fourth-order valence-electron chi connectivity index (χ4n) is 5.00. The molecule has 4 aromatic rings. The van der Waals surface area contributed by atoms with Gasteiger partial charge in [-0.2, -0.15) is 0 Å². The number of pyridine rings is 1. The summed E-state index contributed by atoms with van der Waals surface area (Å²) < 4.78 is 15.0. The molecule has 0 saturated carbocycles. The number of aromatic nitrogens is 3. The Morgan fingerprint density at radius 3 is 2.44 bits per heavy atom. The molecule has 0 radical (unpaired) electrons. The van der Waals surface area contributed by atoms with E-state index in [-0.39, 0.29) is 23.7 Å². The maximum Gasteiger partial charge on any atom is 0.410 e. The lowest BCUT2D eigenvalue weighted by atomic mass is 10.1. The highest BCUT2D eigenvalue weighted by Gasteiger charge is 2.31. The maximum absolute atomic E-state index is 14.2. The van der Waals surface area contributed by atoms with Gasteiger partial charge in [-0.1, -0.05) is 32.0 Å². The SMILES string of the molecule is CC(C)C=Nc1nccc2c1n(-c1ccc(Oc3ccccc3)cc1)c(=O)n2[C@@H]1CCCN(C(=O)OC(C)(C)C)C1. The van der Waals surface area contributed by atoms with Crippen LogP contribution in [0.1, 0.15) is 53.5 Å². The highest BCUT2D eigenvalue weighted by molar-refractivity contribution is 5.88. The minimum atomic E-state index is -0.595. The maximum atomic E-state index is 14.2. The number of likely N-dealkylation sites (tertiary alicyclic amines) is 1. The predicted molar refractivity (Wildman–Crippen MR) is 161 cm³/mol. The molecule has 0 bridgehead atoms. The molecule has 1 saturated heterocycles. The molecular weight excluding hydrogens is 518 g/mol. The minimum Gasteiger partial charge on any atom is -0.457 e. The molecule has 0 spiro atoms. The van der Waals surface area contributed by atoms with Crippen LogP contribution in [0.25, 0.3) is 16.7 Å². The molecule has 214 valence electrons. The predicted octanol–water partition coefficient (Wildman–Crippen LogP) is 6.91. The zero-order chi connectivity index (χ0) is 29.1. The summed E-state index contributed by atoms with van der Waals surface area (Å²) in [5.74, 6) is 2.07. The quantitative estimate of drug-likeness (QED) is 0.241. The Kier molecular flexibility index (Phi) is 7.97. The fraction of sp³-hybridized carbons (Fsp3) is 0.375. The molecule has 2 aromatic heterocycles. The van der Waals surface area contributed by atoms with Crippen molar-refractivity contribution in [2.75, 3.05) is 13.1 Å². The third-order valence-electron chi connectivity index (χ3n) is 6.75. The number of para-hydroxylation sites is 1. The standard InChI is InChI=1S/C32H37N5O4/c1-22(2)20-34-29-28-27(17-18-33-29)36(24-10-9-19-35(21-24)31(39)41-32(3,4)5)30(38)37(28)23-13-15-26(16-14-23)40-25-11-7-6-8-12-25/h6-8,11-18,20,22,24H,9-10,19,21H2,1-5H3/t24-/m1/s1. The van der Waals surface area contributed by atoms with Gasteiger partial charge < -0.3 is 14.4 Å². The van der Waals surface area contributed by atoms with Gasteiger partial charge in [0.15, 0.2) is 5.82 Å². The largest absolute Gasteiger partial charge is 0.457 e. The molecule has 0 aliphatic carbocycles. The number of amides is 1. The van der Waals surface area contributed by atoms with Gasteiger partial charge in [-0.15, -0.1) is 0 Å². The van der Waals surface area contributed by atoms with Crippen LogP contribution >= 0.6 is 0 Å². The number of imidazole rings is 1. The Balaban J connectivity index is 1.58. The molecule has 1 fully saturated rings. The molecule has 41 heavy (non-hydrogen) atoms. The van der Waals surface area contributed by atoms with Crippen LogP contribution in [-0.2, 0) is 4.74 Å². The van der Waals surface area contributed by atoms with Gasteiger partial charge in [0, 0.05) is 25.5 Å². The lowest BCUT2D eigenvalue weighted by Gasteiger charge is -2.34. The number of nitrogens with zero attached hydrogens (tertiary/aromatic N) is 5. The average molecular weight is 556 g/mol. The van der Waals surface area contributed by atoms with Gasteiger partial charge in [-0.3, -0.25) is 9.13 Å². The number of carbonyl (C=O) groups excluding carboxylic acids is 1. The molecule has 9 heteroatoms. The lowest BCUT2D eigenvalue weighted by Crippen LogP contribution is -2.45. The first-order chi connectivity index (χ1) is 19.6. The molecular formula is C32H37N5O4. The highest BCUT2D eigenvalue weighted by Crippen LogP contribution is 2.32. The van der Waals surface area contributed by atoms with E-state index < -0.39 is 5.60 Å². The van der Waals surface area contributed by atoms with Crippen molar-refractivity contribution in [3.63, 3.8) is 0 Å². The van der Waals surface area contributed by atoms with Gasteiger partial charge >= 0.3 is 11.8 Å². The van der Waals surface area contributed by atoms with E-state index in [1.165, 1.54) is 0 Å². The van der Waals surface area contributed by atoms with Crippen molar-refractivity contribution < 1.29 is 14.3 Å². The topological polar surface area (TPSA) is 91.0 Å². The molecule has 1 aliphatic heterocycles. The van der Waals surface area contributed by atoms with E-state index in [1.807, 2.05) is 101 Å². The molecule has 3 heterocycles.